The third-order valence-electron chi connectivity index (χ3n) is 2.32. The summed E-state index contributed by atoms with van der Waals surface area (Å²) in [5, 5.41) is 3.01. The third kappa shape index (κ3) is 3.17. The lowest BCUT2D eigenvalue weighted by molar-refractivity contribution is 0.905. The van der Waals surface area contributed by atoms with Gasteiger partial charge in [0.2, 0.25) is 0 Å². The van der Waals surface area contributed by atoms with E-state index in [9.17, 15) is 0 Å². The van der Waals surface area contributed by atoms with Crippen LogP contribution in [-0.2, 0) is 6.54 Å². The highest BCUT2D eigenvalue weighted by Crippen LogP contribution is 2.24. The van der Waals surface area contributed by atoms with Crippen molar-refractivity contribution in [1.82, 2.24) is 9.97 Å². The Labute approximate surface area is 113 Å². The van der Waals surface area contributed by atoms with Gasteiger partial charge in [0.25, 0.3) is 0 Å². The van der Waals surface area contributed by atoms with Crippen molar-refractivity contribution in [1.29, 1.82) is 0 Å². The topological polar surface area (TPSA) is 41.0 Å². The number of hydrogen-bond acceptors (Lipinski definition) is 5. The molecule has 2 aromatic heterocycles. The van der Waals surface area contributed by atoms with E-state index in [1.54, 1.807) is 17.7 Å². The first kappa shape index (κ1) is 12.3. The zero-order valence-corrected chi connectivity index (χ0v) is 12.0. The number of nitrogens with zero attached hydrogens (tertiary/aromatic N) is 3. The average Bonchev–Trinajstić information content (AvgIpc) is 2.75. The largest absolute Gasteiger partial charge is 0.373 e. The number of hydrogen-bond donors (Lipinski definition) is 1. The minimum atomic E-state index is 0.828. The van der Waals surface area contributed by atoms with Crippen LogP contribution in [0.4, 0.5) is 11.6 Å². The van der Waals surface area contributed by atoms with Gasteiger partial charge in [0, 0.05) is 25.0 Å². The average molecular weight is 313 g/mol. The molecule has 2 aromatic rings. The van der Waals surface area contributed by atoms with E-state index >= 15 is 0 Å². The molecule has 6 heteroatoms. The molecule has 90 valence electrons. The van der Waals surface area contributed by atoms with Gasteiger partial charge in [-0.05, 0) is 28.1 Å². The highest BCUT2D eigenvalue weighted by atomic mass is 79.9. The maximum absolute atomic E-state index is 4.26. The molecule has 0 aliphatic carbocycles. The van der Waals surface area contributed by atoms with Gasteiger partial charge in [0.15, 0.2) is 0 Å². The van der Waals surface area contributed by atoms with Gasteiger partial charge < -0.3 is 10.2 Å². The number of halogens is 1. The molecule has 2 heterocycles. The predicted molar refractivity (Wildman–Crippen MR) is 75.7 cm³/mol. The molecule has 1 N–H and O–H groups in total. The maximum Gasteiger partial charge on any atom is 0.134 e. The van der Waals surface area contributed by atoms with E-state index in [-0.39, 0.29) is 0 Å². The molecular formula is C11H13BrN4S. The second-order valence-electron chi connectivity index (χ2n) is 3.57. The van der Waals surface area contributed by atoms with Gasteiger partial charge in [0.05, 0.1) is 10.3 Å². The summed E-state index contributed by atoms with van der Waals surface area (Å²) in [6.45, 7) is 0.844. The van der Waals surface area contributed by atoms with Crippen molar-refractivity contribution in [3.8, 4) is 0 Å². The van der Waals surface area contributed by atoms with Crippen LogP contribution in [0.25, 0.3) is 0 Å². The van der Waals surface area contributed by atoms with Crippen molar-refractivity contribution in [2.75, 3.05) is 24.3 Å². The minimum absolute atomic E-state index is 0.828. The zero-order valence-electron chi connectivity index (χ0n) is 9.64. The molecule has 17 heavy (non-hydrogen) atoms. The fraction of sp³-hybridized carbons (Fsp3) is 0.273. The molecule has 0 amide bonds. The van der Waals surface area contributed by atoms with Gasteiger partial charge in [-0.1, -0.05) is 0 Å². The predicted octanol–water partition coefficient (Wildman–Crippen LogP) is 2.98. The lowest BCUT2D eigenvalue weighted by Gasteiger charge is -2.17. The molecule has 0 aliphatic rings. The fourth-order valence-electron chi connectivity index (χ4n) is 1.44. The third-order valence-corrected chi connectivity index (χ3v) is 3.93. The Bertz CT molecular complexity index is 500. The second kappa shape index (κ2) is 5.46. The normalized spacial score (nSPS) is 10.3. The van der Waals surface area contributed by atoms with Crippen molar-refractivity contribution in [2.45, 2.75) is 6.54 Å². The molecule has 0 radical (unpaired) electrons. The molecule has 0 saturated carbocycles. The monoisotopic (exact) mass is 312 g/mol. The van der Waals surface area contributed by atoms with Crippen LogP contribution in [0.5, 0.6) is 0 Å². The van der Waals surface area contributed by atoms with Gasteiger partial charge in [-0.15, -0.1) is 11.3 Å². The van der Waals surface area contributed by atoms with Gasteiger partial charge in [-0.2, -0.15) is 0 Å². The second-order valence-corrected chi connectivity index (χ2v) is 6.12. The van der Waals surface area contributed by atoms with Crippen LogP contribution < -0.4 is 10.2 Å². The van der Waals surface area contributed by atoms with E-state index < -0.39 is 0 Å². The van der Waals surface area contributed by atoms with Crippen LogP contribution in [0.1, 0.15) is 4.88 Å². The summed E-state index contributed by atoms with van der Waals surface area (Å²) in [5.41, 5.74) is 0. The van der Waals surface area contributed by atoms with Crippen molar-refractivity contribution in [3.63, 3.8) is 0 Å². The number of anilines is 2. The quantitative estimate of drug-likeness (QED) is 0.942. The Balaban J connectivity index is 2.11. The summed E-state index contributed by atoms with van der Waals surface area (Å²) >= 11 is 5.20. The molecule has 0 saturated heterocycles. The Kier molecular flexibility index (Phi) is 3.96. The summed E-state index contributed by atoms with van der Waals surface area (Å²) < 4.78 is 1.15. The fourth-order valence-corrected chi connectivity index (χ4v) is 2.98. The molecule has 4 nitrogen and oxygen atoms in total. The Morgan fingerprint density at radius 3 is 2.88 bits per heavy atom. The molecular weight excluding hydrogens is 300 g/mol. The minimum Gasteiger partial charge on any atom is -0.373 e. The van der Waals surface area contributed by atoms with Crippen LogP contribution in [0.3, 0.4) is 0 Å². The molecule has 0 spiro atoms. The standard InChI is InChI=1S/C11H13BrN4S/c1-13-10-5-11(15-7-14-10)16(2)6-8-3-4-9(12)17-8/h3-5,7H,6H2,1-2H3,(H,13,14,15). The van der Waals surface area contributed by atoms with Crippen LogP contribution in [0, 0.1) is 0 Å². The molecule has 0 aliphatic heterocycles. The van der Waals surface area contributed by atoms with Gasteiger partial charge >= 0.3 is 0 Å². The smallest absolute Gasteiger partial charge is 0.134 e. The molecule has 0 atom stereocenters. The summed E-state index contributed by atoms with van der Waals surface area (Å²) in [5.74, 6) is 1.74. The van der Waals surface area contributed by atoms with Crippen LogP contribution >= 0.6 is 27.3 Å². The Hall–Kier alpha value is -1.14. The lowest BCUT2D eigenvalue weighted by Crippen LogP contribution is -2.17. The summed E-state index contributed by atoms with van der Waals surface area (Å²) in [6.07, 6.45) is 1.57. The number of aromatic nitrogens is 2. The van der Waals surface area contributed by atoms with Crippen molar-refractivity contribution >= 4 is 38.9 Å². The first-order valence-electron chi connectivity index (χ1n) is 5.14. The van der Waals surface area contributed by atoms with E-state index in [4.69, 9.17) is 0 Å². The van der Waals surface area contributed by atoms with Gasteiger partial charge in [0.1, 0.15) is 18.0 Å². The van der Waals surface area contributed by atoms with Crippen LogP contribution in [0.2, 0.25) is 0 Å². The van der Waals surface area contributed by atoms with Crippen molar-refractivity contribution in [3.05, 3.63) is 33.2 Å². The molecule has 0 unspecified atom stereocenters. The highest BCUT2D eigenvalue weighted by Gasteiger charge is 2.06. The lowest BCUT2D eigenvalue weighted by atomic mass is 10.4. The Morgan fingerprint density at radius 2 is 2.24 bits per heavy atom. The summed E-state index contributed by atoms with van der Waals surface area (Å²) in [4.78, 5) is 11.7. The first-order chi connectivity index (χ1) is 8.19. The highest BCUT2D eigenvalue weighted by molar-refractivity contribution is 9.11. The number of nitrogens with one attached hydrogen (secondary N) is 1. The molecule has 2 rings (SSSR count). The molecule has 0 aromatic carbocycles. The van der Waals surface area contributed by atoms with Gasteiger partial charge in [-0.25, -0.2) is 9.97 Å². The molecule has 0 bridgehead atoms. The first-order valence-corrected chi connectivity index (χ1v) is 6.75. The zero-order chi connectivity index (χ0) is 12.3. The van der Waals surface area contributed by atoms with Crippen molar-refractivity contribution in [2.24, 2.45) is 0 Å². The summed E-state index contributed by atoms with van der Waals surface area (Å²) in [7, 11) is 3.87. The molecule has 0 fully saturated rings. The van der Waals surface area contributed by atoms with Crippen LogP contribution in [0.15, 0.2) is 28.3 Å². The summed E-state index contributed by atoms with van der Waals surface area (Å²) in [6, 6.07) is 6.11. The van der Waals surface area contributed by atoms with Gasteiger partial charge in [-0.3, -0.25) is 0 Å². The van der Waals surface area contributed by atoms with E-state index in [0.717, 1.165) is 22.0 Å². The van der Waals surface area contributed by atoms with Crippen LogP contribution in [-0.4, -0.2) is 24.1 Å². The SMILES string of the molecule is CNc1cc(N(C)Cc2ccc(Br)s2)ncn1. The maximum atomic E-state index is 4.26. The number of rotatable bonds is 4. The van der Waals surface area contributed by atoms with E-state index in [1.807, 2.05) is 20.2 Å². The number of thiophene rings is 1. The van der Waals surface area contributed by atoms with E-state index in [1.165, 1.54) is 4.88 Å². The van der Waals surface area contributed by atoms with E-state index in [2.05, 4.69) is 48.2 Å². The van der Waals surface area contributed by atoms with E-state index in [0.29, 0.717) is 0 Å². The Morgan fingerprint density at radius 1 is 1.41 bits per heavy atom. The van der Waals surface area contributed by atoms with Crippen molar-refractivity contribution < 1.29 is 0 Å².